The van der Waals surface area contributed by atoms with Crippen LogP contribution in [0.15, 0.2) is 23.0 Å². The highest BCUT2D eigenvalue weighted by Gasteiger charge is 2.24. The van der Waals surface area contributed by atoms with E-state index in [2.05, 4.69) is 5.32 Å². The lowest BCUT2D eigenvalue weighted by Crippen LogP contribution is -2.41. The van der Waals surface area contributed by atoms with Crippen LogP contribution >= 0.6 is 0 Å². The van der Waals surface area contributed by atoms with Crippen molar-refractivity contribution in [3.63, 3.8) is 0 Å². The van der Waals surface area contributed by atoms with E-state index >= 15 is 0 Å². The third-order valence-electron chi connectivity index (χ3n) is 2.65. The van der Waals surface area contributed by atoms with E-state index in [0.29, 0.717) is 6.42 Å². The molecule has 4 nitrogen and oxygen atoms in total. The van der Waals surface area contributed by atoms with E-state index in [9.17, 15) is 8.42 Å². The molecular formula is C10H17NO3S. The fraction of sp³-hybridized carbons (Fsp3) is 0.600. The van der Waals surface area contributed by atoms with Gasteiger partial charge in [0.05, 0.1) is 17.8 Å². The number of hydrogen-bond acceptors (Lipinski definition) is 4. The topological polar surface area (TPSA) is 59.3 Å². The van der Waals surface area contributed by atoms with Gasteiger partial charge in [0.25, 0.3) is 0 Å². The molecule has 2 unspecified atom stereocenters. The van der Waals surface area contributed by atoms with Crippen LogP contribution in [0.2, 0.25) is 0 Å². The first-order valence-electron chi connectivity index (χ1n) is 4.82. The van der Waals surface area contributed by atoms with Gasteiger partial charge in [-0.3, -0.25) is 0 Å². The second-order valence-corrected chi connectivity index (χ2v) is 6.17. The minimum Gasteiger partial charge on any atom is -0.472 e. The lowest BCUT2D eigenvalue weighted by molar-refractivity contribution is 0.511. The molecule has 5 heteroatoms. The van der Waals surface area contributed by atoms with Crippen molar-refractivity contribution in [3.05, 3.63) is 24.2 Å². The van der Waals surface area contributed by atoms with Gasteiger partial charge in [-0.05, 0) is 32.0 Å². The van der Waals surface area contributed by atoms with Crippen LogP contribution in [0.25, 0.3) is 0 Å². The molecule has 1 aromatic rings. The summed E-state index contributed by atoms with van der Waals surface area (Å²) in [7, 11) is -1.24. The average molecular weight is 231 g/mol. The molecule has 0 saturated carbocycles. The predicted octanol–water partition coefficient (Wildman–Crippen LogP) is 0.843. The van der Waals surface area contributed by atoms with Crippen LogP contribution < -0.4 is 5.32 Å². The molecule has 0 fully saturated rings. The molecule has 1 heterocycles. The van der Waals surface area contributed by atoms with E-state index in [-0.39, 0.29) is 6.04 Å². The van der Waals surface area contributed by atoms with Crippen molar-refractivity contribution in [2.45, 2.75) is 24.6 Å². The maximum atomic E-state index is 11.4. The lowest BCUT2D eigenvalue weighted by atomic mass is 10.1. The standard InChI is InChI=1S/C10H17NO3S/c1-8(15(3,12)13)10(11-2)6-9-4-5-14-7-9/h4-5,7-8,10-11H,6H2,1-3H3. The number of likely N-dealkylation sites (N-methyl/N-ethyl adjacent to an activating group) is 1. The van der Waals surface area contributed by atoms with Gasteiger partial charge in [0.15, 0.2) is 9.84 Å². The molecule has 0 aromatic carbocycles. The molecule has 2 atom stereocenters. The first-order valence-corrected chi connectivity index (χ1v) is 6.78. The number of hydrogen-bond donors (Lipinski definition) is 1. The van der Waals surface area contributed by atoms with Crippen molar-refractivity contribution < 1.29 is 12.8 Å². The van der Waals surface area contributed by atoms with Crippen molar-refractivity contribution in [1.29, 1.82) is 0 Å². The maximum absolute atomic E-state index is 11.4. The first-order chi connectivity index (χ1) is 6.95. The fourth-order valence-electron chi connectivity index (χ4n) is 1.46. The SMILES string of the molecule is CNC(Cc1ccoc1)C(C)S(C)(=O)=O. The van der Waals surface area contributed by atoms with Crippen molar-refractivity contribution in [2.75, 3.05) is 13.3 Å². The van der Waals surface area contributed by atoms with Gasteiger partial charge in [-0.2, -0.15) is 0 Å². The third-order valence-corrected chi connectivity index (χ3v) is 4.33. The summed E-state index contributed by atoms with van der Waals surface area (Å²) in [4.78, 5) is 0. The van der Waals surface area contributed by atoms with E-state index in [0.717, 1.165) is 5.56 Å². The van der Waals surface area contributed by atoms with Crippen LogP contribution in [0.1, 0.15) is 12.5 Å². The molecule has 1 N–H and O–H groups in total. The number of furan rings is 1. The number of rotatable bonds is 5. The van der Waals surface area contributed by atoms with Gasteiger partial charge in [0.2, 0.25) is 0 Å². The minimum atomic E-state index is -3.01. The van der Waals surface area contributed by atoms with E-state index in [1.807, 2.05) is 6.07 Å². The van der Waals surface area contributed by atoms with Crippen LogP contribution in [0.4, 0.5) is 0 Å². The largest absolute Gasteiger partial charge is 0.472 e. The van der Waals surface area contributed by atoms with Gasteiger partial charge in [0, 0.05) is 12.3 Å². The summed E-state index contributed by atoms with van der Waals surface area (Å²) in [5, 5.41) is 2.62. The molecule has 0 aliphatic carbocycles. The summed E-state index contributed by atoms with van der Waals surface area (Å²) in [6.07, 6.45) is 5.14. The van der Waals surface area contributed by atoms with Gasteiger partial charge >= 0.3 is 0 Å². The Morgan fingerprint density at radius 2 is 2.20 bits per heavy atom. The van der Waals surface area contributed by atoms with Crippen LogP contribution in [-0.4, -0.2) is 33.0 Å². The predicted molar refractivity (Wildman–Crippen MR) is 59.6 cm³/mol. The summed E-state index contributed by atoms with van der Waals surface area (Å²) in [5.41, 5.74) is 1.00. The summed E-state index contributed by atoms with van der Waals surface area (Å²) >= 11 is 0. The molecular weight excluding hydrogens is 214 g/mol. The van der Waals surface area contributed by atoms with Crippen molar-refractivity contribution in [3.8, 4) is 0 Å². The highest BCUT2D eigenvalue weighted by atomic mass is 32.2. The Balaban J connectivity index is 2.73. The second-order valence-electron chi connectivity index (χ2n) is 3.77. The third kappa shape index (κ3) is 3.35. The zero-order valence-corrected chi connectivity index (χ0v) is 10.0. The summed E-state index contributed by atoms with van der Waals surface area (Å²) in [6.45, 7) is 1.72. The Morgan fingerprint density at radius 1 is 1.53 bits per heavy atom. The smallest absolute Gasteiger partial charge is 0.151 e. The molecule has 0 amide bonds. The first kappa shape index (κ1) is 12.3. The Labute approximate surface area is 90.6 Å². The number of sulfone groups is 1. The second kappa shape index (κ2) is 4.81. The molecule has 0 saturated heterocycles. The van der Waals surface area contributed by atoms with E-state index in [1.54, 1.807) is 26.5 Å². The van der Waals surface area contributed by atoms with E-state index < -0.39 is 15.1 Å². The Hall–Kier alpha value is -0.810. The molecule has 0 bridgehead atoms. The Kier molecular flexibility index (Phi) is 3.93. The van der Waals surface area contributed by atoms with Crippen LogP contribution in [0, 0.1) is 0 Å². The summed E-state index contributed by atoms with van der Waals surface area (Å²) < 4.78 is 27.7. The molecule has 0 aliphatic heterocycles. The molecule has 0 aliphatic rings. The quantitative estimate of drug-likeness (QED) is 0.816. The Bertz CT molecular complexity index is 383. The minimum absolute atomic E-state index is 0.0856. The van der Waals surface area contributed by atoms with E-state index in [4.69, 9.17) is 4.42 Å². The van der Waals surface area contributed by atoms with E-state index in [1.165, 1.54) is 6.26 Å². The maximum Gasteiger partial charge on any atom is 0.151 e. The van der Waals surface area contributed by atoms with Gasteiger partial charge in [0.1, 0.15) is 0 Å². The zero-order chi connectivity index (χ0) is 11.5. The van der Waals surface area contributed by atoms with Gasteiger partial charge in [-0.15, -0.1) is 0 Å². The van der Waals surface area contributed by atoms with Crippen LogP contribution in [-0.2, 0) is 16.3 Å². The highest BCUT2D eigenvalue weighted by Crippen LogP contribution is 2.11. The molecule has 1 aromatic heterocycles. The van der Waals surface area contributed by atoms with Crippen molar-refractivity contribution in [1.82, 2.24) is 5.32 Å². The van der Waals surface area contributed by atoms with Crippen LogP contribution in [0.3, 0.4) is 0 Å². The van der Waals surface area contributed by atoms with Gasteiger partial charge < -0.3 is 9.73 Å². The van der Waals surface area contributed by atoms with Gasteiger partial charge in [-0.25, -0.2) is 8.42 Å². The molecule has 0 spiro atoms. The molecule has 1 rings (SSSR count). The average Bonchev–Trinajstić information content (AvgIpc) is 2.64. The molecule has 86 valence electrons. The van der Waals surface area contributed by atoms with Crippen molar-refractivity contribution >= 4 is 9.84 Å². The zero-order valence-electron chi connectivity index (χ0n) is 9.23. The Morgan fingerprint density at radius 3 is 2.60 bits per heavy atom. The van der Waals surface area contributed by atoms with Gasteiger partial charge in [-0.1, -0.05) is 0 Å². The number of nitrogens with one attached hydrogen (secondary N) is 1. The molecule has 15 heavy (non-hydrogen) atoms. The summed E-state index contributed by atoms with van der Waals surface area (Å²) in [6, 6.07) is 1.76. The van der Waals surface area contributed by atoms with Crippen molar-refractivity contribution in [2.24, 2.45) is 0 Å². The van der Waals surface area contributed by atoms with Crippen LogP contribution in [0.5, 0.6) is 0 Å². The highest BCUT2D eigenvalue weighted by molar-refractivity contribution is 7.91. The summed E-state index contributed by atoms with van der Waals surface area (Å²) in [5.74, 6) is 0. The lowest BCUT2D eigenvalue weighted by Gasteiger charge is -2.21. The fourth-order valence-corrected chi connectivity index (χ4v) is 2.29. The normalized spacial score (nSPS) is 16.2. The monoisotopic (exact) mass is 231 g/mol. The molecule has 0 radical (unpaired) electrons.